The molecule has 7 nitrogen and oxygen atoms in total. The van der Waals surface area contributed by atoms with Crippen LogP contribution in [0.4, 0.5) is 5.82 Å². The van der Waals surface area contributed by atoms with Gasteiger partial charge < -0.3 is 19.1 Å². The fourth-order valence-corrected chi connectivity index (χ4v) is 3.26. The Morgan fingerprint density at radius 1 is 1.00 bits per heavy atom. The zero-order valence-corrected chi connectivity index (χ0v) is 15.9. The van der Waals surface area contributed by atoms with E-state index in [1.54, 1.807) is 27.5 Å². The summed E-state index contributed by atoms with van der Waals surface area (Å²) < 4.78 is 16.3. The summed E-state index contributed by atoms with van der Waals surface area (Å²) in [5.74, 6) is 2.88. The van der Waals surface area contributed by atoms with Crippen molar-refractivity contribution in [3.63, 3.8) is 0 Å². The van der Waals surface area contributed by atoms with Crippen LogP contribution in [0.15, 0.2) is 30.5 Å². The molecule has 0 atom stereocenters. The Hall–Kier alpha value is -2.98. The van der Waals surface area contributed by atoms with Gasteiger partial charge in [-0.25, -0.2) is 4.98 Å². The summed E-state index contributed by atoms with van der Waals surface area (Å²) in [6.45, 7) is 4.45. The molecule has 1 aromatic heterocycles. The second-order valence-electron chi connectivity index (χ2n) is 6.31. The van der Waals surface area contributed by atoms with Crippen LogP contribution in [-0.4, -0.2) is 57.4 Å². The van der Waals surface area contributed by atoms with Crippen LogP contribution in [0.2, 0.25) is 0 Å². The van der Waals surface area contributed by atoms with Gasteiger partial charge in [-0.15, -0.1) is 0 Å². The topological polar surface area (TPSA) is 70.9 Å². The van der Waals surface area contributed by atoms with Gasteiger partial charge in [0.25, 0.3) is 0 Å². The van der Waals surface area contributed by atoms with Crippen LogP contribution in [0.3, 0.4) is 0 Å². The van der Waals surface area contributed by atoms with Gasteiger partial charge in [0.1, 0.15) is 11.9 Å². The molecule has 1 saturated heterocycles. The first-order valence-corrected chi connectivity index (χ1v) is 8.80. The summed E-state index contributed by atoms with van der Waals surface area (Å²) >= 11 is 0. The molecule has 0 bridgehead atoms. The smallest absolute Gasteiger partial charge is 0.203 e. The lowest BCUT2D eigenvalue weighted by molar-refractivity contribution is 0.248. The fraction of sp³-hybridized carbons (Fsp3) is 0.400. The van der Waals surface area contributed by atoms with Gasteiger partial charge in [0, 0.05) is 38.9 Å². The van der Waals surface area contributed by atoms with Crippen LogP contribution in [0, 0.1) is 11.3 Å². The maximum absolute atomic E-state index is 8.89. The lowest BCUT2D eigenvalue weighted by atomic mass is 10.1. The van der Waals surface area contributed by atoms with E-state index in [0.29, 0.717) is 22.8 Å². The summed E-state index contributed by atoms with van der Waals surface area (Å²) in [6, 6.07) is 9.81. The van der Waals surface area contributed by atoms with Crippen molar-refractivity contribution in [3.8, 4) is 23.3 Å². The highest BCUT2D eigenvalue weighted by Crippen LogP contribution is 2.38. The zero-order chi connectivity index (χ0) is 19.2. The third-order valence-corrected chi connectivity index (χ3v) is 4.70. The third kappa shape index (κ3) is 4.23. The van der Waals surface area contributed by atoms with E-state index in [0.717, 1.165) is 44.1 Å². The lowest BCUT2D eigenvalue weighted by Crippen LogP contribution is -2.46. The largest absolute Gasteiger partial charge is 0.493 e. The zero-order valence-electron chi connectivity index (χ0n) is 15.9. The minimum absolute atomic E-state index is 0.583. The van der Waals surface area contributed by atoms with E-state index in [4.69, 9.17) is 19.5 Å². The van der Waals surface area contributed by atoms with Crippen LogP contribution in [0.1, 0.15) is 11.1 Å². The Morgan fingerprint density at radius 3 is 2.15 bits per heavy atom. The maximum Gasteiger partial charge on any atom is 0.203 e. The van der Waals surface area contributed by atoms with E-state index in [9.17, 15) is 0 Å². The normalized spacial score (nSPS) is 14.5. The number of nitrogens with zero attached hydrogens (tertiary/aromatic N) is 4. The highest BCUT2D eigenvalue weighted by molar-refractivity contribution is 5.53. The van der Waals surface area contributed by atoms with Crippen LogP contribution < -0.4 is 19.1 Å². The maximum atomic E-state index is 8.89. The number of nitriles is 1. The highest BCUT2D eigenvalue weighted by atomic mass is 16.5. The molecule has 0 amide bonds. The average Bonchev–Trinajstić information content (AvgIpc) is 2.73. The highest BCUT2D eigenvalue weighted by Gasteiger charge is 2.20. The molecule has 7 heteroatoms. The Balaban J connectivity index is 1.64. The van der Waals surface area contributed by atoms with Crippen molar-refractivity contribution in [1.29, 1.82) is 5.26 Å². The van der Waals surface area contributed by atoms with Crippen LogP contribution >= 0.6 is 0 Å². The van der Waals surface area contributed by atoms with Crippen LogP contribution in [-0.2, 0) is 6.54 Å². The molecule has 1 fully saturated rings. The fourth-order valence-electron chi connectivity index (χ4n) is 3.26. The lowest BCUT2D eigenvalue weighted by Gasteiger charge is -2.35. The van der Waals surface area contributed by atoms with E-state index >= 15 is 0 Å². The number of piperazine rings is 1. The van der Waals surface area contributed by atoms with Gasteiger partial charge in [-0.3, -0.25) is 4.90 Å². The van der Waals surface area contributed by atoms with Gasteiger partial charge in [-0.1, -0.05) is 0 Å². The van der Waals surface area contributed by atoms with Crippen LogP contribution in [0.25, 0.3) is 0 Å². The number of methoxy groups -OCH3 is 3. The SMILES string of the molecule is COc1cc(CN2CCN(c3ccc(C#N)cn3)CC2)cc(OC)c1OC. The standard InChI is InChI=1S/C20H24N4O3/c1-25-17-10-16(11-18(26-2)20(17)27-3)14-23-6-8-24(9-7-23)19-5-4-15(12-21)13-22-19/h4-5,10-11,13H,6-9,14H2,1-3H3. The summed E-state index contributed by atoms with van der Waals surface area (Å²) in [4.78, 5) is 9.02. The van der Waals surface area contributed by atoms with E-state index in [-0.39, 0.29) is 0 Å². The number of hydrogen-bond acceptors (Lipinski definition) is 7. The van der Waals surface area contributed by atoms with Crippen molar-refractivity contribution >= 4 is 5.82 Å². The summed E-state index contributed by atoms with van der Waals surface area (Å²) in [6.07, 6.45) is 1.62. The van der Waals surface area contributed by atoms with Gasteiger partial charge in [0.05, 0.1) is 26.9 Å². The van der Waals surface area contributed by atoms with Gasteiger partial charge in [-0.05, 0) is 29.8 Å². The molecule has 0 aliphatic carbocycles. The molecule has 1 aromatic carbocycles. The molecule has 0 saturated carbocycles. The molecule has 0 unspecified atom stereocenters. The molecule has 3 rings (SSSR count). The predicted molar refractivity (Wildman–Crippen MR) is 103 cm³/mol. The van der Waals surface area contributed by atoms with E-state index in [1.807, 2.05) is 24.3 Å². The summed E-state index contributed by atoms with van der Waals surface area (Å²) in [7, 11) is 4.87. The second kappa shape index (κ2) is 8.60. The Labute approximate surface area is 159 Å². The van der Waals surface area contributed by atoms with Gasteiger partial charge >= 0.3 is 0 Å². The van der Waals surface area contributed by atoms with Crippen molar-refractivity contribution in [2.75, 3.05) is 52.4 Å². The molecule has 27 heavy (non-hydrogen) atoms. The molecular weight excluding hydrogens is 344 g/mol. The summed E-state index contributed by atoms with van der Waals surface area (Å²) in [5, 5.41) is 8.89. The van der Waals surface area contributed by atoms with Crippen molar-refractivity contribution in [2.45, 2.75) is 6.54 Å². The molecule has 0 spiro atoms. The van der Waals surface area contributed by atoms with E-state index in [1.165, 1.54) is 0 Å². The van der Waals surface area contributed by atoms with Gasteiger partial charge in [0.2, 0.25) is 5.75 Å². The van der Waals surface area contributed by atoms with E-state index < -0.39 is 0 Å². The molecule has 0 N–H and O–H groups in total. The minimum atomic E-state index is 0.583. The van der Waals surface area contributed by atoms with Crippen molar-refractivity contribution < 1.29 is 14.2 Å². The van der Waals surface area contributed by atoms with Gasteiger partial charge in [0.15, 0.2) is 11.5 Å². The van der Waals surface area contributed by atoms with Crippen molar-refractivity contribution in [1.82, 2.24) is 9.88 Å². The van der Waals surface area contributed by atoms with Crippen LogP contribution in [0.5, 0.6) is 17.2 Å². The third-order valence-electron chi connectivity index (χ3n) is 4.70. The monoisotopic (exact) mass is 368 g/mol. The number of benzene rings is 1. The van der Waals surface area contributed by atoms with Crippen molar-refractivity contribution in [2.24, 2.45) is 0 Å². The van der Waals surface area contributed by atoms with Crippen molar-refractivity contribution in [3.05, 3.63) is 41.6 Å². The first-order valence-electron chi connectivity index (χ1n) is 8.80. The number of aromatic nitrogens is 1. The van der Waals surface area contributed by atoms with E-state index in [2.05, 4.69) is 20.9 Å². The first kappa shape index (κ1) is 18.8. The number of anilines is 1. The molecular formula is C20H24N4O3. The molecule has 2 aromatic rings. The Morgan fingerprint density at radius 2 is 1.67 bits per heavy atom. The Bertz CT molecular complexity index is 784. The molecule has 1 aliphatic rings. The Kier molecular flexibility index (Phi) is 5.99. The van der Waals surface area contributed by atoms with Gasteiger partial charge in [-0.2, -0.15) is 5.26 Å². The first-order chi connectivity index (χ1) is 13.2. The number of pyridine rings is 1. The average molecular weight is 368 g/mol. The molecule has 1 aliphatic heterocycles. The molecule has 0 radical (unpaired) electrons. The number of hydrogen-bond donors (Lipinski definition) is 0. The number of rotatable bonds is 6. The number of ether oxygens (including phenoxy) is 3. The second-order valence-corrected chi connectivity index (χ2v) is 6.31. The summed E-state index contributed by atoms with van der Waals surface area (Å²) in [5.41, 5.74) is 1.70. The predicted octanol–water partition coefficient (Wildman–Crippen LogP) is 2.30. The minimum Gasteiger partial charge on any atom is -0.493 e. The molecule has 142 valence electrons. The quantitative estimate of drug-likeness (QED) is 0.775. The molecule has 2 heterocycles.